The molecule has 1 heterocycles. The number of rotatable bonds is 4. The van der Waals surface area contributed by atoms with Crippen molar-refractivity contribution >= 4 is 5.97 Å². The van der Waals surface area contributed by atoms with Crippen LogP contribution in [0, 0.1) is 0 Å². The number of benzene rings is 1. The van der Waals surface area contributed by atoms with Gasteiger partial charge in [-0.3, -0.25) is 4.79 Å². The number of carboxylic acids is 1. The predicted molar refractivity (Wildman–Crippen MR) is 65.0 cm³/mol. The van der Waals surface area contributed by atoms with E-state index in [-0.39, 0.29) is 18.1 Å². The molecule has 1 aromatic carbocycles. The summed E-state index contributed by atoms with van der Waals surface area (Å²) in [4.78, 5) is 10.8. The number of aliphatic carboxylic acids is 1. The minimum atomic E-state index is -0.936. The van der Waals surface area contributed by atoms with Crippen molar-refractivity contribution in [2.24, 2.45) is 0 Å². The van der Waals surface area contributed by atoms with E-state index in [1.807, 2.05) is 0 Å². The van der Waals surface area contributed by atoms with Gasteiger partial charge >= 0.3 is 5.97 Å². The molecule has 0 bridgehead atoms. The fourth-order valence-electron chi connectivity index (χ4n) is 1.57. The van der Waals surface area contributed by atoms with Crippen molar-refractivity contribution in [1.29, 1.82) is 0 Å². The van der Waals surface area contributed by atoms with Gasteiger partial charge in [0.15, 0.2) is 0 Å². The van der Waals surface area contributed by atoms with E-state index in [1.54, 1.807) is 24.3 Å². The highest BCUT2D eigenvalue weighted by atomic mass is 16.4. The van der Waals surface area contributed by atoms with Crippen molar-refractivity contribution < 1.29 is 15.0 Å². The summed E-state index contributed by atoms with van der Waals surface area (Å²) in [6.07, 6.45) is -0.971. The summed E-state index contributed by atoms with van der Waals surface area (Å²) in [5, 5.41) is 33.4. The number of carboxylic acid groups (broad SMARTS) is 1. The Morgan fingerprint density at radius 1 is 1.21 bits per heavy atom. The van der Waals surface area contributed by atoms with Gasteiger partial charge in [0, 0.05) is 5.56 Å². The van der Waals surface area contributed by atoms with Crippen LogP contribution in [0.3, 0.4) is 0 Å². The molecule has 2 rings (SSSR count). The predicted octanol–water partition coefficient (Wildman–Crippen LogP) is 0.614. The SMILES string of the molecule is CC(O)c1nnc(-c2ccccc2CC(=O)O)nn1. The van der Waals surface area contributed by atoms with Crippen molar-refractivity contribution in [2.75, 3.05) is 0 Å². The molecule has 0 spiro atoms. The average Bonchev–Trinajstić information content (AvgIpc) is 2.39. The first-order valence-electron chi connectivity index (χ1n) is 5.63. The highest BCUT2D eigenvalue weighted by molar-refractivity contribution is 5.74. The van der Waals surface area contributed by atoms with Gasteiger partial charge in [-0.15, -0.1) is 20.4 Å². The molecule has 98 valence electrons. The Morgan fingerprint density at radius 2 is 1.84 bits per heavy atom. The molecule has 1 unspecified atom stereocenters. The molecule has 0 radical (unpaired) electrons. The summed E-state index contributed by atoms with van der Waals surface area (Å²) in [7, 11) is 0. The number of nitrogens with zero attached hydrogens (tertiary/aromatic N) is 4. The number of aromatic nitrogens is 4. The molecular weight excluding hydrogens is 248 g/mol. The summed E-state index contributed by atoms with van der Waals surface area (Å²) >= 11 is 0. The second-order valence-corrected chi connectivity index (χ2v) is 3.99. The van der Waals surface area contributed by atoms with E-state index in [9.17, 15) is 9.90 Å². The highest BCUT2D eigenvalue weighted by Crippen LogP contribution is 2.19. The molecule has 0 aliphatic heterocycles. The number of aliphatic hydroxyl groups is 1. The molecule has 1 aromatic heterocycles. The van der Waals surface area contributed by atoms with Gasteiger partial charge in [0.05, 0.1) is 6.42 Å². The average molecular weight is 260 g/mol. The third-order valence-electron chi connectivity index (χ3n) is 2.47. The first-order chi connectivity index (χ1) is 9.08. The lowest BCUT2D eigenvalue weighted by Gasteiger charge is -2.06. The Hall–Kier alpha value is -2.41. The van der Waals surface area contributed by atoms with Crippen LogP contribution in [-0.2, 0) is 11.2 Å². The largest absolute Gasteiger partial charge is 0.481 e. The topological polar surface area (TPSA) is 109 Å². The normalized spacial score (nSPS) is 12.1. The molecular formula is C12H12N4O3. The molecule has 0 saturated heterocycles. The van der Waals surface area contributed by atoms with Gasteiger partial charge < -0.3 is 10.2 Å². The van der Waals surface area contributed by atoms with Gasteiger partial charge in [0.2, 0.25) is 11.6 Å². The number of hydrogen-bond acceptors (Lipinski definition) is 6. The summed E-state index contributed by atoms with van der Waals surface area (Å²) in [5.41, 5.74) is 1.16. The standard InChI is InChI=1S/C12H12N4O3/c1-7(17)11-13-15-12(16-14-11)9-5-3-2-4-8(9)6-10(18)19/h2-5,7,17H,6H2,1H3,(H,18,19). The lowest BCUT2D eigenvalue weighted by atomic mass is 10.0. The minimum absolute atomic E-state index is 0.125. The molecule has 2 aromatic rings. The van der Waals surface area contributed by atoms with E-state index < -0.39 is 12.1 Å². The van der Waals surface area contributed by atoms with Crippen LogP contribution in [0.4, 0.5) is 0 Å². The molecule has 1 atom stereocenters. The molecule has 0 saturated carbocycles. The van der Waals surface area contributed by atoms with Gasteiger partial charge in [0.1, 0.15) is 6.10 Å². The maximum absolute atomic E-state index is 10.8. The summed E-state index contributed by atoms with van der Waals surface area (Å²) in [6, 6.07) is 6.90. The zero-order valence-corrected chi connectivity index (χ0v) is 10.2. The lowest BCUT2D eigenvalue weighted by molar-refractivity contribution is -0.136. The van der Waals surface area contributed by atoms with Crippen LogP contribution in [0.5, 0.6) is 0 Å². The molecule has 0 aliphatic rings. The van der Waals surface area contributed by atoms with Crippen molar-refractivity contribution in [3.05, 3.63) is 35.7 Å². The third kappa shape index (κ3) is 3.08. The first kappa shape index (κ1) is 13.0. The van der Waals surface area contributed by atoms with Crippen LogP contribution in [0.25, 0.3) is 11.4 Å². The Labute approximate surface area is 109 Å². The Kier molecular flexibility index (Phi) is 3.76. The van der Waals surface area contributed by atoms with E-state index in [1.165, 1.54) is 6.92 Å². The van der Waals surface area contributed by atoms with Gasteiger partial charge in [-0.25, -0.2) is 0 Å². The Morgan fingerprint density at radius 3 is 2.42 bits per heavy atom. The quantitative estimate of drug-likeness (QED) is 0.828. The summed E-state index contributed by atoms with van der Waals surface area (Å²) < 4.78 is 0. The van der Waals surface area contributed by atoms with Crippen LogP contribution < -0.4 is 0 Å². The van der Waals surface area contributed by atoms with E-state index in [0.717, 1.165) is 0 Å². The maximum atomic E-state index is 10.8. The van der Waals surface area contributed by atoms with Crippen LogP contribution >= 0.6 is 0 Å². The fraction of sp³-hybridized carbons (Fsp3) is 0.250. The van der Waals surface area contributed by atoms with Gasteiger partial charge in [-0.05, 0) is 12.5 Å². The summed E-state index contributed by atoms with van der Waals surface area (Å²) in [5.74, 6) is -0.574. The fourth-order valence-corrected chi connectivity index (χ4v) is 1.57. The van der Waals surface area contributed by atoms with Crippen molar-refractivity contribution in [1.82, 2.24) is 20.4 Å². The minimum Gasteiger partial charge on any atom is -0.481 e. The maximum Gasteiger partial charge on any atom is 0.307 e. The Bertz CT molecular complexity index is 584. The number of hydrogen-bond donors (Lipinski definition) is 2. The van der Waals surface area contributed by atoms with E-state index in [2.05, 4.69) is 20.4 Å². The molecule has 2 N–H and O–H groups in total. The van der Waals surface area contributed by atoms with Crippen molar-refractivity contribution in [3.63, 3.8) is 0 Å². The van der Waals surface area contributed by atoms with Gasteiger partial charge in [0.25, 0.3) is 0 Å². The van der Waals surface area contributed by atoms with Crippen LogP contribution in [0.1, 0.15) is 24.4 Å². The van der Waals surface area contributed by atoms with Crippen LogP contribution in [-0.4, -0.2) is 36.6 Å². The monoisotopic (exact) mass is 260 g/mol. The zero-order chi connectivity index (χ0) is 13.8. The van der Waals surface area contributed by atoms with E-state index >= 15 is 0 Å². The first-order valence-corrected chi connectivity index (χ1v) is 5.63. The second kappa shape index (κ2) is 5.49. The zero-order valence-electron chi connectivity index (χ0n) is 10.2. The van der Waals surface area contributed by atoms with E-state index in [4.69, 9.17) is 5.11 Å². The lowest BCUT2D eigenvalue weighted by Crippen LogP contribution is -2.07. The molecule has 19 heavy (non-hydrogen) atoms. The van der Waals surface area contributed by atoms with Gasteiger partial charge in [-0.1, -0.05) is 24.3 Å². The molecule has 7 nitrogen and oxygen atoms in total. The third-order valence-corrected chi connectivity index (χ3v) is 2.47. The van der Waals surface area contributed by atoms with Crippen LogP contribution in [0.2, 0.25) is 0 Å². The number of carbonyl (C=O) groups is 1. The number of aliphatic hydroxyl groups excluding tert-OH is 1. The summed E-state index contributed by atoms with van der Waals surface area (Å²) in [6.45, 7) is 1.51. The molecule has 0 aliphatic carbocycles. The van der Waals surface area contributed by atoms with Gasteiger partial charge in [-0.2, -0.15) is 0 Å². The van der Waals surface area contributed by atoms with Crippen LogP contribution in [0.15, 0.2) is 24.3 Å². The van der Waals surface area contributed by atoms with E-state index in [0.29, 0.717) is 11.1 Å². The Balaban J connectivity index is 2.38. The smallest absolute Gasteiger partial charge is 0.307 e. The molecule has 7 heteroatoms. The molecule has 0 fully saturated rings. The highest BCUT2D eigenvalue weighted by Gasteiger charge is 2.13. The van der Waals surface area contributed by atoms with Crippen molar-refractivity contribution in [2.45, 2.75) is 19.4 Å². The second-order valence-electron chi connectivity index (χ2n) is 3.99. The molecule has 0 amide bonds. The van der Waals surface area contributed by atoms with Crippen molar-refractivity contribution in [3.8, 4) is 11.4 Å².